The van der Waals surface area contributed by atoms with Crippen LogP contribution in [-0.4, -0.2) is 58.6 Å². The number of allylic oxidation sites excluding steroid dienone is 5. The number of piperidine rings is 1. The van der Waals surface area contributed by atoms with Crippen LogP contribution >= 0.6 is 0 Å². The number of nitrogens with one attached hydrogen (secondary N) is 2. The molecule has 190 valence electrons. The Morgan fingerprint density at radius 2 is 2.06 bits per heavy atom. The second-order valence-corrected chi connectivity index (χ2v) is 9.22. The lowest BCUT2D eigenvalue weighted by Gasteiger charge is -2.26. The molecule has 7 nitrogen and oxygen atoms in total. The molecule has 0 saturated carbocycles. The average Bonchev–Trinajstić information content (AvgIpc) is 3.25. The number of benzene rings is 1. The van der Waals surface area contributed by atoms with Crippen molar-refractivity contribution in [3.63, 3.8) is 0 Å². The molecule has 2 N–H and O–H groups in total. The number of nitrogens with zero attached hydrogens (tertiary/aromatic N) is 3. The standard InChI is InChI=1S/C29H37N5O2/c1-4-6-8-12-21(3)19-25-32-27(30-15-11-18-34-16-9-7-10-17-34)26-23-14-13-22(29(35)36-5-2)20-24(23)31-28(26)33-25/h4,6,8,12-14,20H,3,5,7,9-11,15-19H2,1-2H3,(H2,30,31,32,33)/b6-4-,12-8-. The van der Waals surface area contributed by atoms with Crippen molar-refractivity contribution >= 4 is 33.7 Å². The number of aromatic amines is 1. The van der Waals surface area contributed by atoms with Gasteiger partial charge in [0.25, 0.3) is 0 Å². The Hall–Kier alpha value is -3.45. The number of anilines is 1. The zero-order chi connectivity index (χ0) is 25.3. The quantitative estimate of drug-likeness (QED) is 0.202. The highest BCUT2D eigenvalue weighted by Gasteiger charge is 2.17. The molecule has 0 radical (unpaired) electrons. The molecule has 1 aliphatic heterocycles. The smallest absolute Gasteiger partial charge is 0.338 e. The van der Waals surface area contributed by atoms with E-state index in [1.165, 1.54) is 32.4 Å². The van der Waals surface area contributed by atoms with Gasteiger partial charge in [-0.05, 0) is 70.5 Å². The van der Waals surface area contributed by atoms with Gasteiger partial charge in [0.2, 0.25) is 0 Å². The van der Waals surface area contributed by atoms with Gasteiger partial charge in [-0.1, -0.05) is 43.4 Å². The molecule has 1 saturated heterocycles. The van der Waals surface area contributed by atoms with Crippen LogP contribution in [0.3, 0.4) is 0 Å². The predicted octanol–water partition coefficient (Wildman–Crippen LogP) is 5.81. The van der Waals surface area contributed by atoms with E-state index in [9.17, 15) is 4.79 Å². The molecule has 0 bridgehead atoms. The Labute approximate surface area is 213 Å². The summed E-state index contributed by atoms with van der Waals surface area (Å²) in [6.45, 7) is 12.6. The Morgan fingerprint density at radius 3 is 2.83 bits per heavy atom. The lowest BCUT2D eigenvalue weighted by molar-refractivity contribution is 0.0526. The molecule has 0 amide bonds. The van der Waals surface area contributed by atoms with Gasteiger partial charge < -0.3 is 19.9 Å². The number of ether oxygens (including phenoxy) is 1. The highest BCUT2D eigenvalue weighted by molar-refractivity contribution is 6.12. The van der Waals surface area contributed by atoms with E-state index in [0.29, 0.717) is 24.4 Å². The van der Waals surface area contributed by atoms with Crippen LogP contribution < -0.4 is 5.32 Å². The average molecular weight is 488 g/mol. The lowest BCUT2D eigenvalue weighted by atomic mass is 10.1. The van der Waals surface area contributed by atoms with Crippen molar-refractivity contribution in [1.29, 1.82) is 0 Å². The molecule has 3 heterocycles. The summed E-state index contributed by atoms with van der Waals surface area (Å²) in [6.07, 6.45) is 13.5. The number of esters is 1. The van der Waals surface area contributed by atoms with Gasteiger partial charge in [-0.2, -0.15) is 0 Å². The highest BCUT2D eigenvalue weighted by atomic mass is 16.5. The summed E-state index contributed by atoms with van der Waals surface area (Å²) >= 11 is 0. The summed E-state index contributed by atoms with van der Waals surface area (Å²) in [7, 11) is 0. The summed E-state index contributed by atoms with van der Waals surface area (Å²) in [5.74, 6) is 1.19. The normalized spacial score (nSPS) is 14.8. The fraction of sp³-hybridized carbons (Fsp3) is 0.414. The molecule has 0 unspecified atom stereocenters. The summed E-state index contributed by atoms with van der Waals surface area (Å²) in [5.41, 5.74) is 3.04. The van der Waals surface area contributed by atoms with Crippen LogP contribution in [0, 0.1) is 0 Å². The third-order valence-corrected chi connectivity index (χ3v) is 6.42. The second-order valence-electron chi connectivity index (χ2n) is 9.22. The number of hydrogen-bond acceptors (Lipinski definition) is 6. The summed E-state index contributed by atoms with van der Waals surface area (Å²) in [4.78, 5) is 27.9. The second kappa shape index (κ2) is 12.5. The molecule has 1 fully saturated rings. The minimum Gasteiger partial charge on any atom is -0.462 e. The molecule has 0 atom stereocenters. The van der Waals surface area contributed by atoms with Crippen molar-refractivity contribution in [2.75, 3.05) is 38.1 Å². The van der Waals surface area contributed by atoms with Crippen LogP contribution in [0.25, 0.3) is 21.9 Å². The molecule has 4 rings (SSSR count). The van der Waals surface area contributed by atoms with Gasteiger partial charge in [0.1, 0.15) is 17.3 Å². The zero-order valence-electron chi connectivity index (χ0n) is 21.5. The van der Waals surface area contributed by atoms with Gasteiger partial charge in [0, 0.05) is 23.9 Å². The van der Waals surface area contributed by atoms with Crippen LogP contribution in [0.5, 0.6) is 0 Å². The third-order valence-electron chi connectivity index (χ3n) is 6.42. The maximum absolute atomic E-state index is 12.3. The zero-order valence-corrected chi connectivity index (χ0v) is 21.5. The van der Waals surface area contributed by atoms with Gasteiger partial charge >= 0.3 is 5.97 Å². The molecule has 2 aromatic heterocycles. The van der Waals surface area contributed by atoms with E-state index in [-0.39, 0.29) is 5.97 Å². The van der Waals surface area contributed by atoms with E-state index in [0.717, 1.165) is 52.8 Å². The number of carbonyl (C=O) groups is 1. The Bertz CT molecular complexity index is 1270. The maximum Gasteiger partial charge on any atom is 0.338 e. The first-order chi connectivity index (χ1) is 17.6. The number of aromatic nitrogens is 3. The molecule has 36 heavy (non-hydrogen) atoms. The maximum atomic E-state index is 12.3. The molecular formula is C29H37N5O2. The van der Waals surface area contributed by atoms with Crippen molar-refractivity contribution in [2.24, 2.45) is 0 Å². The fourth-order valence-corrected chi connectivity index (χ4v) is 4.65. The molecule has 3 aromatic rings. The van der Waals surface area contributed by atoms with Gasteiger partial charge in [0.15, 0.2) is 0 Å². The first kappa shape index (κ1) is 25.6. The lowest BCUT2D eigenvalue weighted by Crippen LogP contribution is -2.31. The molecule has 1 aromatic carbocycles. The van der Waals surface area contributed by atoms with Gasteiger partial charge in [-0.15, -0.1) is 0 Å². The summed E-state index contributed by atoms with van der Waals surface area (Å²) < 4.78 is 5.18. The van der Waals surface area contributed by atoms with E-state index in [4.69, 9.17) is 14.7 Å². The monoisotopic (exact) mass is 487 g/mol. The number of hydrogen-bond donors (Lipinski definition) is 2. The third kappa shape index (κ3) is 6.40. The number of fused-ring (bicyclic) bond motifs is 3. The molecule has 1 aliphatic rings. The van der Waals surface area contributed by atoms with E-state index >= 15 is 0 Å². The predicted molar refractivity (Wildman–Crippen MR) is 148 cm³/mol. The topological polar surface area (TPSA) is 83.1 Å². The minimum absolute atomic E-state index is 0.329. The highest BCUT2D eigenvalue weighted by Crippen LogP contribution is 2.31. The summed E-state index contributed by atoms with van der Waals surface area (Å²) in [5, 5.41) is 5.50. The largest absolute Gasteiger partial charge is 0.462 e. The number of H-pyrrole nitrogens is 1. The Balaban J connectivity index is 1.61. The fourth-order valence-electron chi connectivity index (χ4n) is 4.65. The van der Waals surface area contributed by atoms with E-state index < -0.39 is 0 Å². The van der Waals surface area contributed by atoms with Crippen molar-refractivity contribution < 1.29 is 9.53 Å². The molecular weight excluding hydrogens is 450 g/mol. The molecule has 0 aliphatic carbocycles. The van der Waals surface area contributed by atoms with E-state index in [1.807, 2.05) is 43.4 Å². The van der Waals surface area contributed by atoms with Crippen LogP contribution in [0.4, 0.5) is 5.82 Å². The van der Waals surface area contributed by atoms with Gasteiger partial charge in [-0.25, -0.2) is 14.8 Å². The first-order valence-electron chi connectivity index (χ1n) is 13.0. The van der Waals surface area contributed by atoms with Crippen molar-refractivity contribution in [3.8, 4) is 0 Å². The number of rotatable bonds is 11. The van der Waals surface area contributed by atoms with Crippen molar-refractivity contribution in [3.05, 3.63) is 66.0 Å². The van der Waals surface area contributed by atoms with Crippen LogP contribution in [0.1, 0.15) is 55.7 Å². The SMILES string of the molecule is C=C(/C=C\C=C/C)Cc1nc(NCCCN2CCCCC2)c2c(n1)[nH]c1cc(C(=O)OCC)ccc12. The number of likely N-dealkylation sites (tertiary alicyclic amines) is 1. The van der Waals surface area contributed by atoms with Crippen LogP contribution in [0.2, 0.25) is 0 Å². The minimum atomic E-state index is -0.329. The van der Waals surface area contributed by atoms with Crippen LogP contribution in [-0.2, 0) is 11.2 Å². The Kier molecular flexibility index (Phi) is 8.90. The van der Waals surface area contributed by atoms with Crippen LogP contribution in [0.15, 0.2) is 54.7 Å². The van der Waals surface area contributed by atoms with Gasteiger partial charge in [0.05, 0.1) is 17.6 Å². The first-order valence-corrected chi connectivity index (χ1v) is 13.0. The van der Waals surface area contributed by atoms with Crippen molar-refractivity contribution in [2.45, 2.75) is 46.0 Å². The van der Waals surface area contributed by atoms with E-state index in [2.05, 4.69) is 21.8 Å². The van der Waals surface area contributed by atoms with Gasteiger partial charge in [-0.3, -0.25) is 0 Å². The van der Waals surface area contributed by atoms with Crippen molar-refractivity contribution in [1.82, 2.24) is 19.9 Å². The number of carbonyl (C=O) groups excluding carboxylic acids is 1. The molecule has 7 heteroatoms. The molecule has 0 spiro atoms. The Morgan fingerprint density at radius 1 is 1.22 bits per heavy atom. The van der Waals surface area contributed by atoms with E-state index in [1.54, 1.807) is 13.0 Å². The summed E-state index contributed by atoms with van der Waals surface area (Å²) in [6, 6.07) is 5.57.